The maximum absolute atomic E-state index is 12.8. The van der Waals surface area contributed by atoms with E-state index >= 15 is 0 Å². The molecule has 2 aliphatic rings. The molecule has 1 aromatic heterocycles. The molecule has 2 aliphatic heterocycles. The number of carbonyl (C=O) groups excluding carboxylic acids is 1. The average molecular weight is 414 g/mol. The van der Waals surface area contributed by atoms with Crippen LogP contribution in [0, 0.1) is 0 Å². The molecule has 0 fully saturated rings. The van der Waals surface area contributed by atoms with Crippen LogP contribution >= 0.6 is 22.9 Å². The highest BCUT2D eigenvalue weighted by molar-refractivity contribution is 7.17. The van der Waals surface area contributed by atoms with Gasteiger partial charge in [0, 0.05) is 18.7 Å². The minimum absolute atomic E-state index is 0.274. The Bertz CT molecular complexity index is 966. The molecule has 0 bridgehead atoms. The summed E-state index contributed by atoms with van der Waals surface area (Å²) in [6, 6.07) is 9.37. The number of hydrogen-bond donors (Lipinski definition) is 3. The lowest BCUT2D eigenvalue weighted by Gasteiger charge is -2.17. The third-order valence-electron chi connectivity index (χ3n) is 4.64. The van der Waals surface area contributed by atoms with Crippen LogP contribution in [0.5, 0.6) is 0 Å². The Balaban J connectivity index is 1.58. The SMILES string of the molecule is NCC(NC(=O)c1nc(C2=C3C=CC=CCN3NC2)c(Cl)s1)c1ccccc1. The number of nitrogens with one attached hydrogen (secondary N) is 2. The topological polar surface area (TPSA) is 83.3 Å². The summed E-state index contributed by atoms with van der Waals surface area (Å²) in [5.74, 6) is -0.274. The van der Waals surface area contributed by atoms with Gasteiger partial charge in [-0.1, -0.05) is 71.5 Å². The molecule has 8 heteroatoms. The number of thiazole rings is 1. The van der Waals surface area contributed by atoms with Crippen molar-refractivity contribution >= 4 is 34.4 Å². The van der Waals surface area contributed by atoms with Crippen LogP contribution in [0.4, 0.5) is 0 Å². The summed E-state index contributed by atoms with van der Waals surface area (Å²) in [7, 11) is 0. The van der Waals surface area contributed by atoms with E-state index in [2.05, 4.69) is 21.8 Å². The minimum Gasteiger partial charge on any atom is -0.342 e. The molecule has 1 unspecified atom stereocenters. The van der Waals surface area contributed by atoms with E-state index in [4.69, 9.17) is 17.3 Å². The van der Waals surface area contributed by atoms with Gasteiger partial charge < -0.3 is 16.1 Å². The van der Waals surface area contributed by atoms with Crippen molar-refractivity contribution in [2.75, 3.05) is 19.6 Å². The van der Waals surface area contributed by atoms with Crippen molar-refractivity contribution in [3.05, 3.63) is 80.9 Å². The Kier molecular flexibility index (Phi) is 5.59. The minimum atomic E-state index is -0.277. The van der Waals surface area contributed by atoms with Crippen LogP contribution < -0.4 is 16.5 Å². The van der Waals surface area contributed by atoms with Crippen LogP contribution in [-0.4, -0.2) is 35.5 Å². The highest BCUT2D eigenvalue weighted by Crippen LogP contribution is 2.34. The fraction of sp³-hybridized carbons (Fsp3) is 0.200. The van der Waals surface area contributed by atoms with Gasteiger partial charge in [-0.2, -0.15) is 0 Å². The van der Waals surface area contributed by atoms with Gasteiger partial charge in [0.25, 0.3) is 5.91 Å². The van der Waals surface area contributed by atoms with Crippen LogP contribution in [0.1, 0.15) is 27.1 Å². The Morgan fingerprint density at radius 3 is 2.96 bits per heavy atom. The number of fused-ring (bicyclic) bond motifs is 1. The monoisotopic (exact) mass is 413 g/mol. The number of allylic oxidation sites excluding steroid dienone is 3. The zero-order valence-electron chi connectivity index (χ0n) is 15.1. The maximum atomic E-state index is 12.8. The maximum Gasteiger partial charge on any atom is 0.280 e. The molecule has 28 heavy (non-hydrogen) atoms. The number of amides is 1. The van der Waals surface area contributed by atoms with E-state index in [1.807, 2.05) is 53.6 Å². The zero-order chi connectivity index (χ0) is 19.5. The lowest BCUT2D eigenvalue weighted by Crippen LogP contribution is -2.33. The van der Waals surface area contributed by atoms with Crippen molar-refractivity contribution in [2.24, 2.45) is 5.73 Å². The Morgan fingerprint density at radius 1 is 1.36 bits per heavy atom. The molecule has 144 valence electrons. The highest BCUT2D eigenvalue weighted by atomic mass is 35.5. The van der Waals surface area contributed by atoms with Gasteiger partial charge in [0.1, 0.15) is 10.0 Å². The Morgan fingerprint density at radius 2 is 2.18 bits per heavy atom. The molecule has 6 nitrogen and oxygen atoms in total. The van der Waals surface area contributed by atoms with E-state index in [1.54, 1.807) is 0 Å². The first-order valence-corrected chi connectivity index (χ1v) is 10.2. The first-order valence-electron chi connectivity index (χ1n) is 8.97. The molecule has 2 aromatic rings. The van der Waals surface area contributed by atoms with Crippen LogP contribution in [0.2, 0.25) is 4.34 Å². The summed E-state index contributed by atoms with van der Waals surface area (Å²) in [6.45, 7) is 1.68. The highest BCUT2D eigenvalue weighted by Gasteiger charge is 2.27. The molecule has 3 heterocycles. The van der Waals surface area contributed by atoms with Crippen molar-refractivity contribution in [2.45, 2.75) is 6.04 Å². The molecule has 1 atom stereocenters. The van der Waals surface area contributed by atoms with Gasteiger partial charge in [-0.25, -0.2) is 10.4 Å². The molecule has 0 saturated heterocycles. The number of carbonyl (C=O) groups is 1. The second-order valence-corrected chi connectivity index (χ2v) is 8.01. The van der Waals surface area contributed by atoms with E-state index in [9.17, 15) is 4.79 Å². The number of benzene rings is 1. The number of hydrogen-bond acceptors (Lipinski definition) is 6. The van der Waals surface area contributed by atoms with E-state index in [0.29, 0.717) is 28.1 Å². The second kappa shape index (κ2) is 8.28. The molecule has 1 aromatic carbocycles. The number of halogens is 1. The van der Waals surface area contributed by atoms with Crippen LogP contribution in [0.3, 0.4) is 0 Å². The largest absolute Gasteiger partial charge is 0.342 e. The molecule has 0 radical (unpaired) electrons. The third kappa shape index (κ3) is 3.74. The first kappa shape index (κ1) is 18.9. The number of nitrogens with zero attached hydrogens (tertiary/aromatic N) is 2. The van der Waals surface area contributed by atoms with Gasteiger partial charge in [0.05, 0.1) is 18.3 Å². The fourth-order valence-electron chi connectivity index (χ4n) is 3.23. The normalized spacial score (nSPS) is 16.9. The summed E-state index contributed by atoms with van der Waals surface area (Å²) in [5.41, 5.74) is 12.8. The fourth-order valence-corrected chi connectivity index (χ4v) is 4.33. The summed E-state index contributed by atoms with van der Waals surface area (Å²) >= 11 is 7.64. The summed E-state index contributed by atoms with van der Waals surface area (Å²) in [4.78, 5) is 17.3. The number of aromatic nitrogens is 1. The molecule has 4 N–H and O–H groups in total. The van der Waals surface area contributed by atoms with Crippen molar-refractivity contribution in [1.82, 2.24) is 20.7 Å². The second-order valence-electron chi connectivity index (χ2n) is 6.41. The zero-order valence-corrected chi connectivity index (χ0v) is 16.6. The predicted octanol–water partition coefficient (Wildman–Crippen LogP) is 2.88. The third-order valence-corrected chi connectivity index (χ3v) is 5.90. The van der Waals surface area contributed by atoms with Gasteiger partial charge in [-0.05, 0) is 11.6 Å². The molecule has 1 amide bonds. The smallest absolute Gasteiger partial charge is 0.280 e. The van der Waals surface area contributed by atoms with Crippen molar-refractivity contribution < 1.29 is 4.79 Å². The summed E-state index contributed by atoms with van der Waals surface area (Å²) in [6.07, 6.45) is 8.08. The summed E-state index contributed by atoms with van der Waals surface area (Å²) < 4.78 is 0.505. The number of rotatable bonds is 5. The molecule has 0 aliphatic carbocycles. The average Bonchev–Trinajstić information content (AvgIpc) is 3.21. The van der Waals surface area contributed by atoms with E-state index in [1.165, 1.54) is 11.3 Å². The lowest BCUT2D eigenvalue weighted by molar-refractivity contribution is 0.0937. The standard InChI is InChI=1S/C20H20ClN5OS/c21-18-17(14-12-23-26-10-6-2-5-9-16(14)26)25-20(28-18)19(27)24-15(11-22)13-7-3-1-4-8-13/h1-9,15,23H,10-12,22H2,(H,24,27). The van der Waals surface area contributed by atoms with Gasteiger partial charge in [0.2, 0.25) is 0 Å². The molecule has 4 rings (SSSR count). The first-order chi connectivity index (χ1) is 13.7. The number of nitrogens with two attached hydrogens (primary N) is 1. The van der Waals surface area contributed by atoms with Gasteiger partial charge in [-0.3, -0.25) is 4.79 Å². The van der Waals surface area contributed by atoms with Gasteiger partial charge >= 0.3 is 0 Å². The van der Waals surface area contributed by atoms with Crippen molar-refractivity contribution in [3.63, 3.8) is 0 Å². The predicted molar refractivity (Wildman–Crippen MR) is 113 cm³/mol. The van der Waals surface area contributed by atoms with Gasteiger partial charge in [-0.15, -0.1) is 0 Å². The van der Waals surface area contributed by atoms with Crippen molar-refractivity contribution in [1.29, 1.82) is 0 Å². The molecular formula is C20H20ClN5OS. The van der Waals surface area contributed by atoms with Crippen LogP contribution in [-0.2, 0) is 0 Å². The Labute approximate surface area is 172 Å². The van der Waals surface area contributed by atoms with E-state index in [-0.39, 0.29) is 11.9 Å². The van der Waals surface area contributed by atoms with Gasteiger partial charge in [0.15, 0.2) is 5.01 Å². The summed E-state index contributed by atoms with van der Waals surface area (Å²) in [5, 5.41) is 5.33. The lowest BCUT2D eigenvalue weighted by atomic mass is 10.1. The van der Waals surface area contributed by atoms with Crippen LogP contribution in [0.25, 0.3) is 5.57 Å². The van der Waals surface area contributed by atoms with Crippen molar-refractivity contribution in [3.8, 4) is 0 Å². The molecule has 0 saturated carbocycles. The number of hydrazine groups is 1. The Hall–Kier alpha value is -2.45. The quantitative estimate of drug-likeness (QED) is 0.702. The van der Waals surface area contributed by atoms with E-state index in [0.717, 1.165) is 23.4 Å². The molecular weight excluding hydrogens is 394 g/mol. The van der Waals surface area contributed by atoms with E-state index < -0.39 is 0 Å². The van der Waals surface area contributed by atoms with Crippen LogP contribution in [0.15, 0.2) is 60.3 Å². The molecule has 0 spiro atoms.